The molecule has 2 rings (SSSR count). The minimum Gasteiger partial charge on any atom is -0.352 e. The summed E-state index contributed by atoms with van der Waals surface area (Å²) in [6.07, 6.45) is 1.99. The Balaban J connectivity index is 2.19. The number of benzene rings is 2. The maximum atomic E-state index is 14.3. The SMILES string of the molecule is CCC(C)NC(=O)C(C)N(Cc1ccccc1F)C(=O)CCCN(c1cccc(Cl)c1)S(C)(=O)=O. The van der Waals surface area contributed by atoms with Crippen LogP contribution in [0.2, 0.25) is 5.02 Å². The maximum Gasteiger partial charge on any atom is 0.242 e. The van der Waals surface area contributed by atoms with Gasteiger partial charge in [-0.3, -0.25) is 13.9 Å². The zero-order valence-electron chi connectivity index (χ0n) is 20.5. The van der Waals surface area contributed by atoms with Crippen molar-refractivity contribution in [2.24, 2.45) is 0 Å². The number of amides is 2. The van der Waals surface area contributed by atoms with E-state index in [1.165, 1.54) is 21.3 Å². The number of nitrogens with one attached hydrogen (secondary N) is 1. The average Bonchev–Trinajstić information content (AvgIpc) is 2.79. The van der Waals surface area contributed by atoms with Gasteiger partial charge in [-0.05, 0) is 51.0 Å². The summed E-state index contributed by atoms with van der Waals surface area (Å²) >= 11 is 6.01. The van der Waals surface area contributed by atoms with Gasteiger partial charge in [0.2, 0.25) is 21.8 Å². The highest BCUT2D eigenvalue weighted by atomic mass is 35.5. The van der Waals surface area contributed by atoms with Crippen LogP contribution in [-0.4, -0.2) is 50.0 Å². The number of anilines is 1. The monoisotopic (exact) mass is 525 g/mol. The molecule has 1 N–H and O–H groups in total. The molecule has 0 aliphatic carbocycles. The number of carbonyl (C=O) groups excluding carboxylic acids is 2. The summed E-state index contributed by atoms with van der Waals surface area (Å²) in [6.45, 7) is 5.37. The molecule has 2 aromatic carbocycles. The van der Waals surface area contributed by atoms with Crippen LogP contribution in [0.1, 0.15) is 45.6 Å². The molecule has 2 atom stereocenters. The third-order valence-electron chi connectivity index (χ3n) is 5.72. The Morgan fingerprint density at radius 2 is 1.80 bits per heavy atom. The second-order valence-corrected chi connectivity index (χ2v) is 10.9. The first-order valence-corrected chi connectivity index (χ1v) is 13.7. The first-order valence-electron chi connectivity index (χ1n) is 11.5. The Kier molecular flexibility index (Phi) is 10.5. The first-order chi connectivity index (χ1) is 16.4. The van der Waals surface area contributed by atoms with E-state index < -0.39 is 21.9 Å². The predicted octanol–water partition coefficient (Wildman–Crippen LogP) is 4.36. The molecule has 0 aliphatic rings. The third-order valence-corrected chi connectivity index (χ3v) is 7.14. The molecule has 7 nitrogen and oxygen atoms in total. The van der Waals surface area contributed by atoms with E-state index in [1.807, 2.05) is 13.8 Å². The van der Waals surface area contributed by atoms with Gasteiger partial charge in [0.15, 0.2) is 0 Å². The molecule has 0 aromatic heterocycles. The lowest BCUT2D eigenvalue weighted by Gasteiger charge is -2.30. The molecule has 2 amide bonds. The third kappa shape index (κ3) is 8.50. The Hall–Kier alpha value is -2.65. The molecule has 2 unspecified atom stereocenters. The fraction of sp³-hybridized carbons (Fsp3) is 0.440. The van der Waals surface area contributed by atoms with Crippen LogP contribution in [0.25, 0.3) is 0 Å². The summed E-state index contributed by atoms with van der Waals surface area (Å²) < 4.78 is 40.2. The van der Waals surface area contributed by atoms with Crippen LogP contribution in [0.15, 0.2) is 48.5 Å². The lowest BCUT2D eigenvalue weighted by molar-refractivity contribution is -0.141. The summed E-state index contributed by atoms with van der Waals surface area (Å²) in [5, 5.41) is 3.25. The van der Waals surface area contributed by atoms with Crippen molar-refractivity contribution < 1.29 is 22.4 Å². The van der Waals surface area contributed by atoms with Crippen LogP contribution in [0, 0.1) is 5.82 Å². The number of nitrogens with zero attached hydrogens (tertiary/aromatic N) is 2. The van der Waals surface area contributed by atoms with E-state index in [9.17, 15) is 22.4 Å². The number of hydrogen-bond donors (Lipinski definition) is 1. The molecule has 2 aromatic rings. The van der Waals surface area contributed by atoms with Crippen LogP contribution in [-0.2, 0) is 26.2 Å². The molecule has 0 saturated carbocycles. The lowest BCUT2D eigenvalue weighted by Crippen LogP contribution is -2.49. The van der Waals surface area contributed by atoms with E-state index in [0.29, 0.717) is 16.3 Å². The Labute approximate surface area is 212 Å². The summed E-state index contributed by atoms with van der Waals surface area (Å²) in [4.78, 5) is 27.3. The smallest absolute Gasteiger partial charge is 0.242 e. The number of carbonyl (C=O) groups is 2. The second-order valence-electron chi connectivity index (χ2n) is 8.53. The van der Waals surface area contributed by atoms with Gasteiger partial charge in [-0.15, -0.1) is 0 Å². The van der Waals surface area contributed by atoms with Crippen LogP contribution in [0.5, 0.6) is 0 Å². The van der Waals surface area contributed by atoms with Crippen molar-refractivity contribution in [1.82, 2.24) is 10.2 Å². The quantitative estimate of drug-likeness (QED) is 0.446. The van der Waals surface area contributed by atoms with E-state index in [1.54, 1.807) is 43.3 Å². The first kappa shape index (κ1) is 28.6. The van der Waals surface area contributed by atoms with Crippen molar-refractivity contribution in [1.29, 1.82) is 0 Å². The number of sulfonamides is 1. The van der Waals surface area contributed by atoms with Gasteiger partial charge in [0.25, 0.3) is 0 Å². The van der Waals surface area contributed by atoms with Crippen molar-refractivity contribution in [3.05, 3.63) is 64.9 Å². The van der Waals surface area contributed by atoms with E-state index in [2.05, 4.69) is 5.32 Å². The van der Waals surface area contributed by atoms with Crippen molar-refractivity contribution in [3.8, 4) is 0 Å². The van der Waals surface area contributed by atoms with Crippen LogP contribution in [0.4, 0.5) is 10.1 Å². The van der Waals surface area contributed by atoms with Gasteiger partial charge in [-0.1, -0.05) is 42.8 Å². The van der Waals surface area contributed by atoms with Gasteiger partial charge < -0.3 is 10.2 Å². The van der Waals surface area contributed by atoms with Gasteiger partial charge in [0.1, 0.15) is 11.9 Å². The molecule has 0 bridgehead atoms. The summed E-state index contributed by atoms with van der Waals surface area (Å²) in [5.74, 6) is -1.18. The average molecular weight is 526 g/mol. The van der Waals surface area contributed by atoms with Gasteiger partial charge in [0.05, 0.1) is 11.9 Å². The van der Waals surface area contributed by atoms with E-state index in [4.69, 9.17) is 11.6 Å². The molecule has 0 spiro atoms. The van der Waals surface area contributed by atoms with Gasteiger partial charge in [-0.2, -0.15) is 0 Å². The van der Waals surface area contributed by atoms with Crippen LogP contribution < -0.4 is 9.62 Å². The van der Waals surface area contributed by atoms with E-state index >= 15 is 0 Å². The molecule has 0 aliphatic heterocycles. The highest BCUT2D eigenvalue weighted by molar-refractivity contribution is 7.92. The van der Waals surface area contributed by atoms with Crippen molar-refractivity contribution in [3.63, 3.8) is 0 Å². The second kappa shape index (κ2) is 12.9. The van der Waals surface area contributed by atoms with E-state index in [-0.39, 0.29) is 43.8 Å². The molecule has 0 heterocycles. The molecular formula is C25H33ClFN3O4S. The lowest BCUT2D eigenvalue weighted by atomic mass is 10.1. The van der Waals surface area contributed by atoms with Gasteiger partial charge in [0, 0.05) is 36.1 Å². The molecular weight excluding hydrogens is 493 g/mol. The molecule has 35 heavy (non-hydrogen) atoms. The fourth-order valence-corrected chi connectivity index (χ4v) is 4.64. The molecule has 10 heteroatoms. The predicted molar refractivity (Wildman–Crippen MR) is 137 cm³/mol. The standard InChI is InChI=1S/C25H33ClFN3O4S/c1-5-18(2)28-25(32)19(3)29(17-20-10-6-7-13-23(20)27)24(31)14-9-15-30(35(4,33)34)22-12-8-11-21(26)16-22/h6-8,10-13,16,18-19H,5,9,14-15,17H2,1-4H3,(H,28,32). The van der Waals surface area contributed by atoms with Gasteiger partial charge >= 0.3 is 0 Å². The van der Waals surface area contributed by atoms with Crippen LogP contribution >= 0.6 is 11.6 Å². The molecule has 192 valence electrons. The topological polar surface area (TPSA) is 86.8 Å². The van der Waals surface area contributed by atoms with Crippen LogP contribution in [0.3, 0.4) is 0 Å². The number of rotatable bonds is 12. The summed E-state index contributed by atoms with van der Waals surface area (Å²) in [5.41, 5.74) is 0.692. The number of hydrogen-bond acceptors (Lipinski definition) is 4. The number of halogens is 2. The minimum atomic E-state index is -3.62. The van der Waals surface area contributed by atoms with E-state index in [0.717, 1.165) is 12.7 Å². The molecule has 0 fully saturated rings. The Morgan fingerprint density at radius 1 is 1.11 bits per heavy atom. The largest absolute Gasteiger partial charge is 0.352 e. The highest BCUT2D eigenvalue weighted by Gasteiger charge is 2.28. The van der Waals surface area contributed by atoms with Crippen molar-refractivity contribution in [2.45, 2.75) is 58.7 Å². The normalized spacial score (nSPS) is 13.1. The zero-order valence-corrected chi connectivity index (χ0v) is 22.1. The van der Waals surface area contributed by atoms with Crippen molar-refractivity contribution in [2.75, 3.05) is 17.1 Å². The van der Waals surface area contributed by atoms with Gasteiger partial charge in [-0.25, -0.2) is 12.8 Å². The molecule has 0 saturated heterocycles. The molecule has 0 radical (unpaired) electrons. The highest BCUT2D eigenvalue weighted by Crippen LogP contribution is 2.23. The minimum absolute atomic E-state index is 0.0258. The Bertz CT molecular complexity index is 1130. The summed E-state index contributed by atoms with van der Waals surface area (Å²) in [6, 6.07) is 11.6. The maximum absolute atomic E-state index is 14.3. The van der Waals surface area contributed by atoms with Crippen molar-refractivity contribution >= 4 is 39.1 Å². The zero-order chi connectivity index (χ0) is 26.2. The fourth-order valence-electron chi connectivity index (χ4n) is 3.49. The summed E-state index contributed by atoms with van der Waals surface area (Å²) in [7, 11) is -3.62. The Morgan fingerprint density at radius 3 is 2.40 bits per heavy atom.